The molecule has 0 spiro atoms. The van der Waals surface area contributed by atoms with Gasteiger partial charge in [0, 0.05) is 0 Å². The van der Waals surface area contributed by atoms with Gasteiger partial charge in [0.15, 0.2) is 0 Å². The molecule has 0 N–H and O–H groups in total. The molecule has 0 saturated heterocycles. The maximum Gasteiger partial charge on any atom is 0.106 e. The van der Waals surface area contributed by atoms with Crippen LogP contribution in [0, 0.1) is 11.8 Å². The van der Waals surface area contributed by atoms with Gasteiger partial charge in [-0.3, -0.25) is 0 Å². The van der Waals surface area contributed by atoms with Crippen LogP contribution < -0.4 is 0 Å². The fraction of sp³-hybridized carbons (Fsp3) is 0.714. The van der Waals surface area contributed by atoms with Gasteiger partial charge < -0.3 is 0 Å². The molecular formula is C7H8BrCl. The predicted octanol–water partition coefficient (Wildman–Crippen LogP) is 2.91. The zero-order valence-electron chi connectivity index (χ0n) is 4.98. The van der Waals surface area contributed by atoms with Gasteiger partial charge in [-0.05, 0) is 24.7 Å². The van der Waals surface area contributed by atoms with Crippen LogP contribution in [-0.2, 0) is 0 Å². The van der Waals surface area contributed by atoms with Crippen LogP contribution in [0.25, 0.3) is 0 Å². The summed E-state index contributed by atoms with van der Waals surface area (Å²) in [7, 11) is 0. The van der Waals surface area contributed by atoms with Crippen molar-refractivity contribution in [3.8, 4) is 0 Å². The standard InChI is InChI=1S/C7H8BrCl/c8-7(9)5-3-1-2-4-6(5)7/h1-2,5-6H,3-4H2/t5-,6+,7?. The van der Waals surface area contributed by atoms with E-state index in [-0.39, 0.29) is 3.78 Å². The first kappa shape index (κ1) is 6.23. The van der Waals surface area contributed by atoms with Crippen molar-refractivity contribution in [2.75, 3.05) is 0 Å². The molecule has 1 saturated carbocycles. The molecule has 0 aromatic heterocycles. The van der Waals surface area contributed by atoms with Gasteiger partial charge in [-0.1, -0.05) is 28.1 Å². The second kappa shape index (κ2) is 1.76. The van der Waals surface area contributed by atoms with Crippen molar-refractivity contribution >= 4 is 27.5 Å². The average Bonchev–Trinajstić information content (AvgIpc) is 2.39. The molecule has 2 aliphatic carbocycles. The molecule has 2 rings (SSSR count). The van der Waals surface area contributed by atoms with E-state index in [2.05, 4.69) is 28.1 Å². The minimum atomic E-state index is -0.0312. The van der Waals surface area contributed by atoms with Gasteiger partial charge in [0.1, 0.15) is 3.78 Å². The van der Waals surface area contributed by atoms with Crippen LogP contribution in [0.5, 0.6) is 0 Å². The van der Waals surface area contributed by atoms with E-state index >= 15 is 0 Å². The molecule has 1 unspecified atom stereocenters. The molecule has 9 heavy (non-hydrogen) atoms. The third-order valence-electron chi connectivity index (χ3n) is 2.31. The van der Waals surface area contributed by atoms with Crippen LogP contribution in [0.1, 0.15) is 12.8 Å². The Morgan fingerprint density at radius 1 is 1.33 bits per heavy atom. The molecule has 2 heteroatoms. The first-order chi connectivity index (χ1) is 4.23. The molecular weight excluding hydrogens is 199 g/mol. The summed E-state index contributed by atoms with van der Waals surface area (Å²) in [6.45, 7) is 0. The molecule has 0 amide bonds. The van der Waals surface area contributed by atoms with E-state index in [9.17, 15) is 0 Å². The lowest BCUT2D eigenvalue weighted by Crippen LogP contribution is -1.86. The fourth-order valence-electron chi connectivity index (χ4n) is 1.59. The number of alkyl halides is 2. The Balaban J connectivity index is 2.14. The molecule has 0 bridgehead atoms. The SMILES string of the molecule is ClC1(Br)[C@@H]2CC=CC[C@@H]21. The summed E-state index contributed by atoms with van der Waals surface area (Å²) < 4.78 is -0.0312. The summed E-state index contributed by atoms with van der Waals surface area (Å²) in [5.41, 5.74) is 0. The van der Waals surface area contributed by atoms with E-state index in [0.717, 1.165) is 0 Å². The van der Waals surface area contributed by atoms with Crippen molar-refractivity contribution in [1.82, 2.24) is 0 Å². The lowest BCUT2D eigenvalue weighted by molar-refractivity contribution is 0.689. The largest absolute Gasteiger partial charge is 0.106 e. The molecule has 0 heterocycles. The first-order valence-electron chi connectivity index (χ1n) is 3.25. The first-order valence-corrected chi connectivity index (χ1v) is 4.43. The number of fused-ring (bicyclic) bond motifs is 1. The average molecular weight is 207 g/mol. The molecule has 0 aliphatic heterocycles. The Bertz CT molecular complexity index is 146. The topological polar surface area (TPSA) is 0 Å². The number of allylic oxidation sites excluding steroid dienone is 2. The highest BCUT2D eigenvalue weighted by Gasteiger charge is 2.61. The highest BCUT2D eigenvalue weighted by Crippen LogP contribution is 2.65. The summed E-state index contributed by atoms with van der Waals surface area (Å²) in [5.74, 6) is 1.42. The Morgan fingerprint density at radius 3 is 2.11 bits per heavy atom. The fourth-order valence-corrected chi connectivity index (χ4v) is 2.89. The number of rotatable bonds is 0. The predicted molar refractivity (Wildman–Crippen MR) is 42.9 cm³/mol. The Hall–Kier alpha value is 0.510. The normalized spacial score (nSPS) is 54.9. The second-order valence-corrected chi connectivity index (χ2v) is 5.22. The number of hydrogen-bond donors (Lipinski definition) is 0. The van der Waals surface area contributed by atoms with Crippen molar-refractivity contribution in [1.29, 1.82) is 0 Å². The van der Waals surface area contributed by atoms with Crippen LogP contribution in [0.4, 0.5) is 0 Å². The van der Waals surface area contributed by atoms with Gasteiger partial charge in [-0.25, -0.2) is 0 Å². The number of halogens is 2. The van der Waals surface area contributed by atoms with E-state index in [1.54, 1.807) is 0 Å². The van der Waals surface area contributed by atoms with Crippen LogP contribution in [0.15, 0.2) is 12.2 Å². The minimum Gasteiger partial charge on any atom is -0.106 e. The highest BCUT2D eigenvalue weighted by atomic mass is 79.9. The van der Waals surface area contributed by atoms with Crippen LogP contribution >= 0.6 is 27.5 Å². The summed E-state index contributed by atoms with van der Waals surface area (Å²) in [4.78, 5) is 0. The molecule has 0 aromatic rings. The Morgan fingerprint density at radius 2 is 1.78 bits per heavy atom. The van der Waals surface area contributed by atoms with Gasteiger partial charge >= 0.3 is 0 Å². The van der Waals surface area contributed by atoms with Gasteiger partial charge in [-0.2, -0.15) is 0 Å². The lowest BCUT2D eigenvalue weighted by Gasteiger charge is -1.95. The molecule has 3 atom stereocenters. The minimum absolute atomic E-state index is 0.0312. The maximum absolute atomic E-state index is 6.09. The van der Waals surface area contributed by atoms with Crippen LogP contribution in [0.3, 0.4) is 0 Å². The van der Waals surface area contributed by atoms with Crippen molar-refractivity contribution in [2.45, 2.75) is 16.6 Å². The maximum atomic E-state index is 6.09. The van der Waals surface area contributed by atoms with E-state index in [0.29, 0.717) is 11.8 Å². The monoisotopic (exact) mass is 206 g/mol. The Kier molecular flexibility index (Phi) is 1.22. The van der Waals surface area contributed by atoms with Gasteiger partial charge in [0.25, 0.3) is 0 Å². The third kappa shape index (κ3) is 0.779. The second-order valence-electron chi connectivity index (χ2n) is 2.83. The molecule has 2 aliphatic rings. The molecule has 0 aromatic carbocycles. The van der Waals surface area contributed by atoms with Crippen molar-refractivity contribution < 1.29 is 0 Å². The van der Waals surface area contributed by atoms with Crippen molar-refractivity contribution in [3.05, 3.63) is 12.2 Å². The molecule has 0 nitrogen and oxygen atoms in total. The summed E-state index contributed by atoms with van der Waals surface area (Å²) >= 11 is 9.60. The molecule has 0 radical (unpaired) electrons. The smallest absolute Gasteiger partial charge is 0.106 e. The summed E-state index contributed by atoms with van der Waals surface area (Å²) in [5, 5.41) is 0. The van der Waals surface area contributed by atoms with E-state index in [1.807, 2.05) is 0 Å². The van der Waals surface area contributed by atoms with Crippen molar-refractivity contribution in [3.63, 3.8) is 0 Å². The van der Waals surface area contributed by atoms with Gasteiger partial charge in [0.2, 0.25) is 0 Å². The third-order valence-corrected chi connectivity index (χ3v) is 4.05. The molecule has 1 fully saturated rings. The van der Waals surface area contributed by atoms with Crippen molar-refractivity contribution in [2.24, 2.45) is 11.8 Å². The van der Waals surface area contributed by atoms with Gasteiger partial charge in [-0.15, -0.1) is 11.6 Å². The number of hydrogen-bond acceptors (Lipinski definition) is 0. The summed E-state index contributed by atoms with van der Waals surface area (Å²) in [6.07, 6.45) is 6.79. The highest BCUT2D eigenvalue weighted by molar-refractivity contribution is 9.10. The van der Waals surface area contributed by atoms with E-state index in [1.165, 1.54) is 12.8 Å². The zero-order valence-corrected chi connectivity index (χ0v) is 7.32. The van der Waals surface area contributed by atoms with Gasteiger partial charge in [0.05, 0.1) is 0 Å². The van der Waals surface area contributed by atoms with E-state index < -0.39 is 0 Å². The zero-order chi connectivity index (χ0) is 6.48. The Labute approximate surface area is 68.4 Å². The summed E-state index contributed by atoms with van der Waals surface area (Å²) in [6, 6.07) is 0. The quantitative estimate of drug-likeness (QED) is 0.423. The van der Waals surface area contributed by atoms with E-state index in [4.69, 9.17) is 11.6 Å². The lowest BCUT2D eigenvalue weighted by atomic mass is 10.1. The van der Waals surface area contributed by atoms with Crippen LogP contribution in [-0.4, -0.2) is 3.78 Å². The molecule has 50 valence electrons. The van der Waals surface area contributed by atoms with Crippen LogP contribution in [0.2, 0.25) is 0 Å².